The molecular weight excluding hydrogens is 344 g/mol. The van der Waals surface area contributed by atoms with E-state index in [1.54, 1.807) is 24.3 Å². The van der Waals surface area contributed by atoms with Gasteiger partial charge in [-0.25, -0.2) is 4.79 Å². The van der Waals surface area contributed by atoms with Gasteiger partial charge < -0.3 is 5.11 Å². The van der Waals surface area contributed by atoms with Crippen LogP contribution in [-0.2, 0) is 11.2 Å². The van der Waals surface area contributed by atoms with E-state index in [9.17, 15) is 4.79 Å². The first-order valence-electron chi connectivity index (χ1n) is 8.63. The van der Waals surface area contributed by atoms with Crippen LogP contribution in [-0.4, -0.2) is 11.1 Å². The van der Waals surface area contributed by atoms with Gasteiger partial charge in [0.2, 0.25) is 0 Å². The number of hydrogen-bond donors (Lipinski definition) is 1. The van der Waals surface area contributed by atoms with E-state index in [1.165, 1.54) is 5.56 Å². The standard InChI is InChI=1S/C14H14O2.C8H8.C4H6/c1-4-11-7-6-8-12(13(11)5-2)9-10(3)14(15)16;1-2-8-6-4-3-5-7-8;1-3-4-2/h4-8H,1-3,9H2,(H,15,16);2-7H,1H2;3-4H,1-2H2. The SMILES string of the molecule is C=CC=C.C=Cc1cccc(CC(=C)C(=O)O)c1C=C.C=Cc1ccccc1. The van der Waals surface area contributed by atoms with Crippen molar-refractivity contribution in [1.29, 1.82) is 0 Å². The zero-order valence-corrected chi connectivity index (χ0v) is 16.3. The van der Waals surface area contributed by atoms with Crippen molar-refractivity contribution in [2.75, 3.05) is 0 Å². The van der Waals surface area contributed by atoms with Gasteiger partial charge in [0.25, 0.3) is 0 Å². The Bertz CT molecular complexity index is 821. The third kappa shape index (κ3) is 9.16. The van der Waals surface area contributed by atoms with Crippen LogP contribution in [0.25, 0.3) is 18.2 Å². The number of hydrogen-bond acceptors (Lipinski definition) is 1. The first-order chi connectivity index (χ1) is 13.4. The first kappa shape index (κ1) is 24.4. The third-order valence-corrected chi connectivity index (χ3v) is 3.56. The molecule has 0 heterocycles. The number of carboxylic acids is 1. The summed E-state index contributed by atoms with van der Waals surface area (Å²) in [4.78, 5) is 10.7. The Labute approximate surface area is 168 Å². The molecule has 28 heavy (non-hydrogen) atoms. The molecular formula is C26H28O2. The van der Waals surface area contributed by atoms with Crippen LogP contribution in [0.1, 0.15) is 22.3 Å². The Kier molecular flexibility index (Phi) is 12.6. The second-order valence-electron chi connectivity index (χ2n) is 5.50. The Hall–Kier alpha value is -3.65. The quantitative estimate of drug-likeness (QED) is 0.426. The maximum absolute atomic E-state index is 10.7. The van der Waals surface area contributed by atoms with Crippen LogP contribution < -0.4 is 0 Å². The van der Waals surface area contributed by atoms with E-state index in [2.05, 4.69) is 39.5 Å². The minimum absolute atomic E-state index is 0.171. The van der Waals surface area contributed by atoms with Crippen LogP contribution in [0.15, 0.2) is 106 Å². The molecule has 0 spiro atoms. The molecule has 0 unspecified atom stereocenters. The summed E-state index contributed by atoms with van der Waals surface area (Å²) in [5, 5.41) is 8.79. The minimum Gasteiger partial charge on any atom is -0.478 e. The van der Waals surface area contributed by atoms with E-state index in [0.717, 1.165) is 16.7 Å². The molecule has 0 atom stereocenters. The molecule has 144 valence electrons. The predicted octanol–water partition coefficient (Wildman–Crippen LogP) is 6.84. The third-order valence-electron chi connectivity index (χ3n) is 3.56. The minimum atomic E-state index is -0.973. The fourth-order valence-corrected chi connectivity index (χ4v) is 2.11. The number of carboxylic acid groups (broad SMARTS) is 1. The number of benzene rings is 2. The lowest BCUT2D eigenvalue weighted by Crippen LogP contribution is -2.03. The van der Waals surface area contributed by atoms with Crippen LogP contribution in [0, 0.1) is 0 Å². The van der Waals surface area contributed by atoms with Crippen LogP contribution in [0.4, 0.5) is 0 Å². The number of rotatable bonds is 7. The van der Waals surface area contributed by atoms with Crippen molar-refractivity contribution in [1.82, 2.24) is 0 Å². The van der Waals surface area contributed by atoms with Crippen LogP contribution >= 0.6 is 0 Å². The van der Waals surface area contributed by atoms with Crippen molar-refractivity contribution >= 4 is 24.2 Å². The largest absolute Gasteiger partial charge is 0.478 e. The predicted molar refractivity (Wildman–Crippen MR) is 124 cm³/mol. The van der Waals surface area contributed by atoms with Gasteiger partial charge in [0, 0.05) is 12.0 Å². The molecule has 0 aromatic heterocycles. The maximum Gasteiger partial charge on any atom is 0.331 e. The average Bonchev–Trinajstić information content (AvgIpc) is 2.74. The van der Waals surface area contributed by atoms with Gasteiger partial charge >= 0.3 is 5.97 Å². The van der Waals surface area contributed by atoms with E-state index in [0.29, 0.717) is 6.42 Å². The van der Waals surface area contributed by atoms with Crippen molar-refractivity contribution in [2.24, 2.45) is 0 Å². The molecule has 0 radical (unpaired) electrons. The number of carbonyl (C=O) groups is 1. The van der Waals surface area contributed by atoms with E-state index in [1.807, 2.05) is 54.6 Å². The van der Waals surface area contributed by atoms with Crippen molar-refractivity contribution in [2.45, 2.75) is 6.42 Å². The van der Waals surface area contributed by atoms with Gasteiger partial charge in [0.1, 0.15) is 0 Å². The Morgan fingerprint density at radius 1 is 0.821 bits per heavy atom. The van der Waals surface area contributed by atoms with Gasteiger partial charge in [-0.3, -0.25) is 0 Å². The Balaban J connectivity index is 0.000000502. The number of aliphatic carboxylic acids is 1. The molecule has 0 bridgehead atoms. The van der Waals surface area contributed by atoms with E-state index >= 15 is 0 Å². The van der Waals surface area contributed by atoms with Crippen molar-refractivity contribution in [3.8, 4) is 0 Å². The summed E-state index contributed by atoms with van der Waals surface area (Å²) in [5.74, 6) is -0.973. The lowest BCUT2D eigenvalue weighted by atomic mass is 9.96. The summed E-state index contributed by atoms with van der Waals surface area (Å²) in [7, 11) is 0. The highest BCUT2D eigenvalue weighted by atomic mass is 16.4. The second kappa shape index (κ2) is 14.5. The molecule has 0 amide bonds. The lowest BCUT2D eigenvalue weighted by molar-refractivity contribution is -0.132. The molecule has 2 aromatic carbocycles. The van der Waals surface area contributed by atoms with Gasteiger partial charge in [-0.1, -0.05) is 118 Å². The van der Waals surface area contributed by atoms with Gasteiger partial charge in [0.15, 0.2) is 0 Å². The fraction of sp³-hybridized carbons (Fsp3) is 0.0385. The summed E-state index contributed by atoms with van der Waals surface area (Å²) in [6.45, 7) is 21.3. The summed E-state index contributed by atoms with van der Waals surface area (Å²) in [6.07, 6.45) is 8.86. The maximum atomic E-state index is 10.7. The molecule has 2 aromatic rings. The van der Waals surface area contributed by atoms with Crippen molar-refractivity contribution in [3.05, 3.63) is 128 Å². The van der Waals surface area contributed by atoms with E-state index in [-0.39, 0.29) is 5.57 Å². The smallest absolute Gasteiger partial charge is 0.331 e. The molecule has 2 rings (SSSR count). The van der Waals surface area contributed by atoms with Gasteiger partial charge in [-0.15, -0.1) is 0 Å². The van der Waals surface area contributed by atoms with Gasteiger partial charge in [0.05, 0.1) is 0 Å². The molecule has 0 aliphatic carbocycles. The first-order valence-corrected chi connectivity index (χ1v) is 8.63. The highest BCUT2D eigenvalue weighted by Crippen LogP contribution is 2.20. The zero-order chi connectivity index (χ0) is 21.4. The molecule has 2 heteroatoms. The Morgan fingerprint density at radius 3 is 1.82 bits per heavy atom. The van der Waals surface area contributed by atoms with Gasteiger partial charge in [-0.05, 0) is 22.3 Å². The molecule has 0 saturated carbocycles. The van der Waals surface area contributed by atoms with Crippen LogP contribution in [0.3, 0.4) is 0 Å². The summed E-state index contributed by atoms with van der Waals surface area (Å²) in [6, 6.07) is 15.7. The Morgan fingerprint density at radius 2 is 1.43 bits per heavy atom. The van der Waals surface area contributed by atoms with Gasteiger partial charge in [-0.2, -0.15) is 0 Å². The second-order valence-corrected chi connectivity index (χ2v) is 5.50. The van der Waals surface area contributed by atoms with Crippen molar-refractivity contribution < 1.29 is 9.90 Å². The summed E-state index contributed by atoms with van der Waals surface area (Å²) < 4.78 is 0. The topological polar surface area (TPSA) is 37.3 Å². The van der Waals surface area contributed by atoms with Crippen LogP contribution in [0.2, 0.25) is 0 Å². The molecule has 0 aliphatic rings. The van der Waals surface area contributed by atoms with Crippen LogP contribution in [0.5, 0.6) is 0 Å². The fourth-order valence-electron chi connectivity index (χ4n) is 2.11. The highest BCUT2D eigenvalue weighted by Gasteiger charge is 2.09. The molecule has 2 nitrogen and oxygen atoms in total. The zero-order valence-electron chi connectivity index (χ0n) is 16.3. The molecule has 1 N–H and O–H groups in total. The normalized spacial score (nSPS) is 8.57. The van der Waals surface area contributed by atoms with E-state index in [4.69, 9.17) is 5.11 Å². The van der Waals surface area contributed by atoms with Crippen molar-refractivity contribution in [3.63, 3.8) is 0 Å². The summed E-state index contributed by atoms with van der Waals surface area (Å²) in [5.41, 5.74) is 4.11. The lowest BCUT2D eigenvalue weighted by Gasteiger charge is -2.09. The molecule has 0 saturated heterocycles. The summed E-state index contributed by atoms with van der Waals surface area (Å²) >= 11 is 0. The van der Waals surface area contributed by atoms with E-state index < -0.39 is 5.97 Å². The average molecular weight is 373 g/mol. The number of allylic oxidation sites excluding steroid dienone is 2. The molecule has 0 fully saturated rings. The monoisotopic (exact) mass is 372 g/mol. The highest BCUT2D eigenvalue weighted by molar-refractivity contribution is 5.86. The molecule has 0 aliphatic heterocycles.